The third-order valence-corrected chi connectivity index (χ3v) is 5.77. The maximum Gasteiger partial charge on any atom is 0.490 e. The smallest absolute Gasteiger partial charge is 0.477 e. The number of hydrogen-bond donors (Lipinski definition) is 4. The Labute approximate surface area is 164 Å². The zero-order valence-corrected chi connectivity index (χ0v) is 15.5. The number of halogens is 3. The molecule has 1 aromatic heterocycles. The SMILES string of the molecule is CC(Sc1nn[nH]n1)C1=C(C(=O)O)N2C(=O)[C@H]3NCCC1[C@H]32.O=C(O)C(F)(F)F. The second kappa shape index (κ2) is 7.62. The monoisotopic (exact) mass is 436 g/mol. The average molecular weight is 436 g/mol. The summed E-state index contributed by atoms with van der Waals surface area (Å²) in [6.45, 7) is 2.65. The van der Waals surface area contributed by atoms with Crippen molar-refractivity contribution in [2.45, 2.75) is 42.0 Å². The summed E-state index contributed by atoms with van der Waals surface area (Å²) in [5, 5.41) is 33.9. The maximum atomic E-state index is 12.2. The van der Waals surface area contributed by atoms with Crippen molar-refractivity contribution >= 4 is 29.6 Å². The zero-order valence-electron chi connectivity index (χ0n) is 14.7. The molecule has 0 aromatic carbocycles. The number of hydrogen-bond acceptors (Lipinski definition) is 8. The van der Waals surface area contributed by atoms with Crippen molar-refractivity contribution in [3.8, 4) is 0 Å². The van der Waals surface area contributed by atoms with Gasteiger partial charge in [0, 0.05) is 11.2 Å². The zero-order chi connectivity index (χ0) is 21.5. The second-order valence-electron chi connectivity index (χ2n) is 6.39. The molecule has 3 aliphatic heterocycles. The van der Waals surface area contributed by atoms with Crippen LogP contribution in [0.2, 0.25) is 0 Å². The molecule has 1 amide bonds. The molecule has 0 aliphatic carbocycles. The van der Waals surface area contributed by atoms with E-state index in [0.29, 0.717) is 5.16 Å². The van der Waals surface area contributed by atoms with Gasteiger partial charge < -0.3 is 15.5 Å². The number of aromatic nitrogens is 4. The maximum absolute atomic E-state index is 12.2. The van der Waals surface area contributed by atoms with Crippen molar-refractivity contribution in [3.05, 3.63) is 11.3 Å². The fourth-order valence-electron chi connectivity index (χ4n) is 3.75. The minimum atomic E-state index is -5.08. The molecule has 0 saturated carbocycles. The van der Waals surface area contributed by atoms with Crippen LogP contribution in [0.3, 0.4) is 0 Å². The van der Waals surface area contributed by atoms with Crippen LogP contribution in [-0.2, 0) is 14.4 Å². The van der Waals surface area contributed by atoms with Gasteiger partial charge in [0.1, 0.15) is 11.7 Å². The molecule has 2 unspecified atom stereocenters. The van der Waals surface area contributed by atoms with E-state index >= 15 is 0 Å². The number of alkyl halides is 3. The highest BCUT2D eigenvalue weighted by atomic mass is 32.2. The van der Waals surface area contributed by atoms with Gasteiger partial charge >= 0.3 is 18.1 Å². The Morgan fingerprint density at radius 1 is 1.34 bits per heavy atom. The number of aromatic amines is 1. The van der Waals surface area contributed by atoms with E-state index in [4.69, 9.17) is 9.90 Å². The molecule has 0 spiro atoms. The number of β-lactam (4-membered cyclic amide) rings is 1. The topological polar surface area (TPSA) is 161 Å². The van der Waals surface area contributed by atoms with Crippen LogP contribution < -0.4 is 5.32 Å². The van der Waals surface area contributed by atoms with Crippen molar-refractivity contribution < 1.29 is 37.8 Å². The molecule has 4 rings (SSSR count). The molecule has 158 valence electrons. The number of amides is 1. The molecule has 15 heteroatoms. The molecule has 11 nitrogen and oxygen atoms in total. The van der Waals surface area contributed by atoms with Gasteiger partial charge in [0.15, 0.2) is 0 Å². The van der Waals surface area contributed by atoms with Crippen molar-refractivity contribution in [1.29, 1.82) is 0 Å². The number of carbonyl (C=O) groups is 3. The largest absolute Gasteiger partial charge is 0.490 e. The minimum absolute atomic E-state index is 0.0596. The summed E-state index contributed by atoms with van der Waals surface area (Å²) in [4.78, 5) is 34.2. The number of piperidine rings is 1. The normalized spacial score (nSPS) is 26.3. The van der Waals surface area contributed by atoms with E-state index in [1.54, 1.807) is 0 Å². The standard InChI is InChI=1S/C12H14N6O3S.C2HF3O2/c1-4(22-12-14-16-17-15-12)6-5-2-3-13-7-8(5)18(10(7)19)9(6)11(20)21;3-2(4,5)1(6)7/h4-5,7-8,13H,2-3H2,1H3,(H,20,21)(H,14,15,16,17);(H,6,7)/t4?,5?,7-,8+;/m0./s1. The molecule has 4 heterocycles. The van der Waals surface area contributed by atoms with Crippen LogP contribution in [0.1, 0.15) is 13.3 Å². The van der Waals surface area contributed by atoms with Gasteiger partial charge in [-0.2, -0.15) is 18.4 Å². The fraction of sp³-hybridized carbons (Fsp3) is 0.571. The van der Waals surface area contributed by atoms with Crippen LogP contribution >= 0.6 is 11.8 Å². The summed E-state index contributed by atoms with van der Waals surface area (Å²) in [5.41, 5.74) is 0.952. The van der Waals surface area contributed by atoms with Crippen LogP contribution in [0, 0.1) is 5.92 Å². The predicted octanol–water partition coefficient (Wildman–Crippen LogP) is -0.145. The Hall–Kier alpha value is -2.68. The number of aliphatic carboxylic acids is 2. The Morgan fingerprint density at radius 2 is 2.00 bits per heavy atom. The number of carboxylic acids is 2. The predicted molar refractivity (Wildman–Crippen MR) is 88.4 cm³/mol. The Kier molecular flexibility index (Phi) is 5.53. The van der Waals surface area contributed by atoms with Gasteiger partial charge in [0.2, 0.25) is 11.1 Å². The number of H-pyrrole nitrogens is 1. The van der Waals surface area contributed by atoms with Gasteiger partial charge in [-0.3, -0.25) is 9.69 Å². The lowest BCUT2D eigenvalue weighted by Crippen LogP contribution is -2.72. The molecule has 2 fully saturated rings. The first-order valence-electron chi connectivity index (χ1n) is 8.28. The number of carbonyl (C=O) groups excluding carboxylic acids is 1. The minimum Gasteiger partial charge on any atom is -0.477 e. The second-order valence-corrected chi connectivity index (χ2v) is 7.70. The first-order valence-corrected chi connectivity index (χ1v) is 9.16. The fourth-order valence-corrected chi connectivity index (χ4v) is 4.66. The van der Waals surface area contributed by atoms with Crippen LogP contribution in [0.4, 0.5) is 13.2 Å². The lowest BCUT2D eigenvalue weighted by atomic mass is 9.79. The average Bonchev–Trinajstić information content (AvgIpc) is 3.25. The van der Waals surface area contributed by atoms with Gasteiger partial charge in [0.25, 0.3) is 0 Å². The van der Waals surface area contributed by atoms with Crippen LogP contribution in [-0.4, -0.2) is 83.6 Å². The Morgan fingerprint density at radius 3 is 2.52 bits per heavy atom. The number of rotatable bonds is 4. The molecule has 1 aromatic rings. The quantitative estimate of drug-likeness (QED) is 0.369. The molecule has 2 saturated heterocycles. The Bertz CT molecular complexity index is 860. The van der Waals surface area contributed by atoms with Gasteiger partial charge in [-0.1, -0.05) is 11.8 Å². The third kappa shape index (κ3) is 3.78. The number of tetrazole rings is 1. The highest BCUT2D eigenvalue weighted by Gasteiger charge is 2.61. The summed E-state index contributed by atoms with van der Waals surface area (Å²) >= 11 is 1.35. The van der Waals surface area contributed by atoms with Crippen LogP contribution in [0.5, 0.6) is 0 Å². The number of thioether (sulfide) groups is 1. The number of carboxylic acid groups (broad SMARTS) is 2. The van der Waals surface area contributed by atoms with E-state index in [0.717, 1.165) is 18.5 Å². The van der Waals surface area contributed by atoms with Gasteiger partial charge in [-0.15, -0.1) is 10.2 Å². The van der Waals surface area contributed by atoms with Gasteiger partial charge in [0.05, 0.1) is 6.04 Å². The molecular weight excluding hydrogens is 421 g/mol. The summed E-state index contributed by atoms with van der Waals surface area (Å²) in [6.07, 6.45) is -4.26. The van der Waals surface area contributed by atoms with Crippen LogP contribution in [0.15, 0.2) is 16.4 Å². The third-order valence-electron chi connectivity index (χ3n) is 4.78. The molecule has 29 heavy (non-hydrogen) atoms. The number of nitrogens with one attached hydrogen (secondary N) is 2. The Balaban J connectivity index is 0.000000298. The summed E-state index contributed by atoms with van der Waals surface area (Å²) in [7, 11) is 0. The molecule has 0 radical (unpaired) electrons. The molecule has 4 N–H and O–H groups in total. The molecule has 4 atom stereocenters. The highest BCUT2D eigenvalue weighted by molar-refractivity contribution is 7.99. The lowest BCUT2D eigenvalue weighted by Gasteiger charge is -2.48. The van der Waals surface area contributed by atoms with Gasteiger partial charge in [-0.25, -0.2) is 9.59 Å². The van der Waals surface area contributed by atoms with Crippen molar-refractivity contribution in [2.24, 2.45) is 5.92 Å². The number of nitrogens with zero attached hydrogens (tertiary/aromatic N) is 4. The molecular formula is C14H15F3N6O5S. The van der Waals surface area contributed by atoms with E-state index in [9.17, 15) is 27.9 Å². The van der Waals surface area contributed by atoms with Crippen LogP contribution in [0.25, 0.3) is 0 Å². The summed E-state index contributed by atoms with van der Waals surface area (Å²) in [5.74, 6) is -3.85. The van der Waals surface area contributed by atoms with E-state index in [1.165, 1.54) is 16.7 Å². The first-order chi connectivity index (χ1) is 13.5. The van der Waals surface area contributed by atoms with E-state index in [2.05, 4.69) is 25.9 Å². The lowest BCUT2D eigenvalue weighted by molar-refractivity contribution is -0.192. The van der Waals surface area contributed by atoms with Gasteiger partial charge in [-0.05, 0) is 30.7 Å². The molecule has 3 aliphatic rings. The van der Waals surface area contributed by atoms with E-state index < -0.39 is 18.1 Å². The van der Waals surface area contributed by atoms with Crippen molar-refractivity contribution in [3.63, 3.8) is 0 Å². The summed E-state index contributed by atoms with van der Waals surface area (Å²) < 4.78 is 31.7. The van der Waals surface area contributed by atoms with Crippen molar-refractivity contribution in [1.82, 2.24) is 30.8 Å². The first kappa shape index (κ1) is 21.0. The highest BCUT2D eigenvalue weighted by Crippen LogP contribution is 2.49. The summed E-state index contributed by atoms with van der Waals surface area (Å²) in [6, 6.07) is -0.302. The van der Waals surface area contributed by atoms with E-state index in [-0.39, 0.29) is 34.9 Å². The van der Waals surface area contributed by atoms with Crippen molar-refractivity contribution in [2.75, 3.05) is 6.54 Å². The van der Waals surface area contributed by atoms with E-state index in [1.807, 2.05) is 6.92 Å². The molecule has 0 bridgehead atoms.